The summed E-state index contributed by atoms with van der Waals surface area (Å²) in [5.41, 5.74) is -0.413. The van der Waals surface area contributed by atoms with Gasteiger partial charge in [0.2, 0.25) is 0 Å². The second kappa shape index (κ2) is 5.14. The van der Waals surface area contributed by atoms with Crippen LogP contribution in [0.2, 0.25) is 0 Å². The fourth-order valence-corrected chi connectivity index (χ4v) is 2.36. The van der Waals surface area contributed by atoms with E-state index in [0.29, 0.717) is 6.61 Å². The van der Waals surface area contributed by atoms with E-state index in [9.17, 15) is 10.5 Å². The minimum absolute atomic E-state index is 0.283. The fourth-order valence-electron chi connectivity index (χ4n) is 2.36. The lowest BCUT2D eigenvalue weighted by Gasteiger charge is -2.23. The summed E-state index contributed by atoms with van der Waals surface area (Å²) in [6, 6.07) is 11.5. The Morgan fingerprint density at radius 1 is 1.37 bits per heavy atom. The largest absolute Gasteiger partial charge is 0.497 e. The lowest BCUT2D eigenvalue weighted by atomic mass is 9.74. The van der Waals surface area contributed by atoms with Gasteiger partial charge in [-0.2, -0.15) is 10.5 Å². The first-order valence-electron chi connectivity index (χ1n) is 5.92. The lowest BCUT2D eigenvalue weighted by Crippen LogP contribution is -2.27. The van der Waals surface area contributed by atoms with Gasteiger partial charge in [-0.1, -0.05) is 18.2 Å². The summed E-state index contributed by atoms with van der Waals surface area (Å²) in [5.74, 6) is 0.441. The molecule has 1 heterocycles. The van der Waals surface area contributed by atoms with Gasteiger partial charge in [-0.05, 0) is 17.7 Å². The van der Waals surface area contributed by atoms with Gasteiger partial charge in [0.15, 0.2) is 5.41 Å². The first kappa shape index (κ1) is 13.1. The first-order chi connectivity index (χ1) is 9.21. The van der Waals surface area contributed by atoms with E-state index in [4.69, 9.17) is 9.47 Å². The van der Waals surface area contributed by atoms with Crippen molar-refractivity contribution < 1.29 is 9.47 Å². The molecular weight excluding hydrogens is 240 g/mol. The summed E-state index contributed by atoms with van der Waals surface area (Å²) in [6.07, 6.45) is 1.06. The molecule has 1 aromatic rings. The average Bonchev–Trinajstić information content (AvgIpc) is 2.86. The van der Waals surface area contributed by atoms with E-state index in [-0.39, 0.29) is 5.92 Å². The number of methoxy groups -OCH3 is 1. The van der Waals surface area contributed by atoms with Gasteiger partial charge in [0.25, 0.3) is 0 Å². The summed E-state index contributed by atoms with van der Waals surface area (Å²) in [5, 5.41) is 18.9. The van der Waals surface area contributed by atoms with Gasteiger partial charge in [-0.3, -0.25) is 0 Å². The molecule has 0 aliphatic carbocycles. The highest BCUT2D eigenvalue weighted by atomic mass is 16.5. The molecule has 2 atom stereocenters. The maximum absolute atomic E-state index is 9.43. The SMILES string of the molecule is C=CC1COC(c2ccc(OC)cc2)C1(C#N)C#N. The Balaban J connectivity index is 2.41. The number of hydrogen-bond donors (Lipinski definition) is 0. The highest BCUT2D eigenvalue weighted by molar-refractivity contribution is 5.36. The van der Waals surface area contributed by atoms with E-state index in [2.05, 4.69) is 18.7 Å². The van der Waals surface area contributed by atoms with Gasteiger partial charge in [-0.15, -0.1) is 6.58 Å². The highest BCUT2D eigenvalue weighted by Crippen LogP contribution is 2.48. The summed E-state index contributed by atoms with van der Waals surface area (Å²) in [6.45, 7) is 4.02. The summed E-state index contributed by atoms with van der Waals surface area (Å²) in [4.78, 5) is 0. The molecule has 4 nitrogen and oxygen atoms in total. The molecule has 0 aromatic heterocycles. The summed E-state index contributed by atoms with van der Waals surface area (Å²) < 4.78 is 10.7. The van der Waals surface area contributed by atoms with Gasteiger partial charge in [0.1, 0.15) is 11.9 Å². The Morgan fingerprint density at radius 2 is 2.00 bits per heavy atom. The van der Waals surface area contributed by atoms with E-state index < -0.39 is 11.5 Å². The van der Waals surface area contributed by atoms with Crippen molar-refractivity contribution in [1.29, 1.82) is 10.5 Å². The Bertz CT molecular complexity index is 537. The lowest BCUT2D eigenvalue weighted by molar-refractivity contribution is 0.0863. The van der Waals surface area contributed by atoms with Gasteiger partial charge in [0, 0.05) is 5.92 Å². The molecule has 19 heavy (non-hydrogen) atoms. The maximum Gasteiger partial charge on any atom is 0.182 e. The molecule has 4 heteroatoms. The van der Waals surface area contributed by atoms with E-state index >= 15 is 0 Å². The number of ether oxygens (including phenoxy) is 2. The maximum atomic E-state index is 9.43. The number of benzene rings is 1. The van der Waals surface area contributed by atoms with Crippen molar-refractivity contribution in [1.82, 2.24) is 0 Å². The minimum Gasteiger partial charge on any atom is -0.497 e. The molecule has 2 unspecified atom stereocenters. The third kappa shape index (κ3) is 1.97. The highest BCUT2D eigenvalue weighted by Gasteiger charge is 2.52. The quantitative estimate of drug-likeness (QED) is 0.777. The Labute approximate surface area is 112 Å². The normalized spacial score (nSPS) is 24.2. The van der Waals surface area contributed by atoms with E-state index in [1.165, 1.54) is 0 Å². The van der Waals surface area contributed by atoms with E-state index in [0.717, 1.165) is 11.3 Å². The zero-order valence-corrected chi connectivity index (χ0v) is 10.7. The fraction of sp³-hybridized carbons (Fsp3) is 0.333. The monoisotopic (exact) mass is 254 g/mol. The third-order valence-corrected chi connectivity index (χ3v) is 3.51. The number of nitriles is 2. The number of rotatable bonds is 3. The van der Waals surface area contributed by atoms with Gasteiger partial charge < -0.3 is 9.47 Å². The van der Waals surface area contributed by atoms with Crippen LogP contribution in [0.15, 0.2) is 36.9 Å². The van der Waals surface area contributed by atoms with Crippen LogP contribution in [0.25, 0.3) is 0 Å². The molecule has 0 amide bonds. The molecule has 1 aliphatic rings. The van der Waals surface area contributed by atoms with Gasteiger partial charge in [-0.25, -0.2) is 0 Å². The van der Waals surface area contributed by atoms with Crippen LogP contribution in [0, 0.1) is 34.0 Å². The van der Waals surface area contributed by atoms with Crippen molar-refractivity contribution in [2.24, 2.45) is 11.3 Å². The molecular formula is C15H14N2O2. The van der Waals surface area contributed by atoms with Crippen LogP contribution in [0.1, 0.15) is 11.7 Å². The second-order valence-corrected chi connectivity index (χ2v) is 4.42. The second-order valence-electron chi connectivity index (χ2n) is 4.42. The van der Waals surface area contributed by atoms with E-state index in [1.807, 2.05) is 12.1 Å². The number of hydrogen-bond acceptors (Lipinski definition) is 4. The van der Waals surface area contributed by atoms with Crippen molar-refractivity contribution in [2.75, 3.05) is 13.7 Å². The van der Waals surface area contributed by atoms with Crippen molar-refractivity contribution in [3.8, 4) is 17.9 Å². The topological polar surface area (TPSA) is 66.0 Å². The number of nitrogens with zero attached hydrogens (tertiary/aromatic N) is 2. The molecule has 0 radical (unpaired) electrons. The molecule has 96 valence electrons. The smallest absolute Gasteiger partial charge is 0.182 e. The molecule has 1 aliphatic heterocycles. The average molecular weight is 254 g/mol. The molecule has 1 fully saturated rings. The van der Waals surface area contributed by atoms with Crippen LogP contribution >= 0.6 is 0 Å². The van der Waals surface area contributed by atoms with Crippen LogP contribution in [0.5, 0.6) is 5.75 Å². The zero-order valence-electron chi connectivity index (χ0n) is 10.7. The Morgan fingerprint density at radius 3 is 2.47 bits per heavy atom. The van der Waals surface area contributed by atoms with Crippen molar-refractivity contribution in [3.05, 3.63) is 42.5 Å². The van der Waals surface area contributed by atoms with Crippen LogP contribution < -0.4 is 4.74 Å². The molecule has 1 aromatic carbocycles. The standard InChI is InChI=1S/C15H14N2O2/c1-3-12-8-19-14(15(12,9-16)10-17)11-4-6-13(18-2)7-5-11/h3-7,12,14H,1,8H2,2H3. The molecule has 0 saturated carbocycles. The predicted octanol–water partition coefficient (Wildman–Crippen LogP) is 2.60. The Kier molecular flexibility index (Phi) is 3.55. The first-order valence-corrected chi connectivity index (χ1v) is 5.92. The minimum atomic E-state index is -1.21. The van der Waals surface area contributed by atoms with Crippen molar-refractivity contribution in [2.45, 2.75) is 6.10 Å². The Hall–Kier alpha value is -2.30. The summed E-state index contributed by atoms with van der Waals surface area (Å²) >= 11 is 0. The van der Waals surface area contributed by atoms with Crippen molar-refractivity contribution in [3.63, 3.8) is 0 Å². The zero-order chi connectivity index (χ0) is 13.9. The molecule has 1 saturated heterocycles. The van der Waals surface area contributed by atoms with Crippen LogP contribution in [-0.4, -0.2) is 13.7 Å². The van der Waals surface area contributed by atoms with Crippen LogP contribution in [0.4, 0.5) is 0 Å². The van der Waals surface area contributed by atoms with Crippen LogP contribution in [-0.2, 0) is 4.74 Å². The van der Waals surface area contributed by atoms with Gasteiger partial charge in [0.05, 0.1) is 25.9 Å². The third-order valence-electron chi connectivity index (χ3n) is 3.51. The van der Waals surface area contributed by atoms with Crippen molar-refractivity contribution >= 4 is 0 Å². The summed E-state index contributed by atoms with van der Waals surface area (Å²) in [7, 11) is 1.59. The predicted molar refractivity (Wildman–Crippen MR) is 69.0 cm³/mol. The van der Waals surface area contributed by atoms with Gasteiger partial charge >= 0.3 is 0 Å². The molecule has 0 bridgehead atoms. The molecule has 2 rings (SSSR count). The van der Waals surface area contributed by atoms with E-state index in [1.54, 1.807) is 25.3 Å². The molecule has 0 N–H and O–H groups in total. The molecule has 0 spiro atoms. The van der Waals surface area contributed by atoms with Crippen LogP contribution in [0.3, 0.4) is 0 Å².